The van der Waals surface area contributed by atoms with E-state index in [9.17, 15) is 9.90 Å². The highest BCUT2D eigenvalue weighted by atomic mass is 16.6. The lowest BCUT2D eigenvalue weighted by Gasteiger charge is -2.30. The second kappa shape index (κ2) is 2.90. The Morgan fingerprint density at radius 2 is 2.25 bits per heavy atom. The van der Waals surface area contributed by atoms with Crippen molar-refractivity contribution in [2.24, 2.45) is 0 Å². The first-order valence-electron chi connectivity index (χ1n) is 4.10. The van der Waals surface area contributed by atoms with Crippen molar-refractivity contribution in [3.05, 3.63) is 11.3 Å². The van der Waals surface area contributed by atoms with Crippen LogP contribution in [0.3, 0.4) is 0 Å². The van der Waals surface area contributed by atoms with Gasteiger partial charge in [0.2, 0.25) is 5.79 Å². The zero-order chi connectivity index (χ0) is 9.35. The van der Waals surface area contributed by atoms with Gasteiger partial charge in [-0.05, 0) is 13.3 Å². The van der Waals surface area contributed by atoms with Gasteiger partial charge in [-0.15, -0.1) is 0 Å². The van der Waals surface area contributed by atoms with Gasteiger partial charge in [-0.25, -0.2) is 0 Å². The minimum absolute atomic E-state index is 0.00810. The summed E-state index contributed by atoms with van der Waals surface area (Å²) in [6.07, 6.45) is 0.730. The van der Waals surface area contributed by atoms with Gasteiger partial charge in [-0.3, -0.25) is 4.79 Å². The van der Waals surface area contributed by atoms with Crippen LogP contribution in [0.5, 0.6) is 0 Å². The molecule has 1 unspecified atom stereocenters. The minimum atomic E-state index is -1.31. The summed E-state index contributed by atoms with van der Waals surface area (Å²) in [5.74, 6) is -0.759. The summed E-state index contributed by atoms with van der Waals surface area (Å²) >= 11 is 0. The van der Waals surface area contributed by atoms with Crippen LogP contribution < -0.4 is 0 Å². The van der Waals surface area contributed by atoms with Crippen LogP contribution in [0.25, 0.3) is 0 Å². The average molecular weight is 170 g/mol. The molecule has 0 saturated carbocycles. The molecule has 0 spiro atoms. The first-order valence-corrected chi connectivity index (χ1v) is 4.10. The Kier molecular flexibility index (Phi) is 2.24. The fraction of sp³-hybridized carbons (Fsp3) is 0.667. The molecule has 0 fully saturated rings. The topological polar surface area (TPSA) is 46.5 Å². The summed E-state index contributed by atoms with van der Waals surface area (Å²) in [6.45, 7) is 5.12. The molecule has 3 nitrogen and oxygen atoms in total. The fourth-order valence-electron chi connectivity index (χ4n) is 1.47. The van der Waals surface area contributed by atoms with Crippen molar-refractivity contribution in [2.75, 3.05) is 0 Å². The molecule has 12 heavy (non-hydrogen) atoms. The quantitative estimate of drug-likeness (QED) is 0.646. The third-order valence-electron chi connectivity index (χ3n) is 1.98. The molecule has 0 amide bonds. The van der Waals surface area contributed by atoms with Gasteiger partial charge < -0.3 is 9.84 Å². The summed E-state index contributed by atoms with van der Waals surface area (Å²) in [4.78, 5) is 11.4. The molecule has 1 aliphatic heterocycles. The number of Topliss-reactive ketones (excluding diaryl/α,β-unsaturated/α-hetero) is 1. The van der Waals surface area contributed by atoms with Crippen LogP contribution in [0.4, 0.5) is 0 Å². The molecule has 0 aliphatic carbocycles. The van der Waals surface area contributed by atoms with Crippen molar-refractivity contribution in [1.82, 2.24) is 0 Å². The third-order valence-corrected chi connectivity index (χ3v) is 1.98. The SMILES string of the molecule is CCC1=C(C)OC(C)(O)CC1=O. The van der Waals surface area contributed by atoms with Gasteiger partial charge in [0.05, 0.1) is 6.42 Å². The normalized spacial score (nSPS) is 30.5. The predicted molar refractivity (Wildman–Crippen MR) is 44.3 cm³/mol. The van der Waals surface area contributed by atoms with E-state index >= 15 is 0 Å². The molecule has 3 heteroatoms. The maximum Gasteiger partial charge on any atom is 0.212 e. The molecule has 68 valence electrons. The van der Waals surface area contributed by atoms with Crippen LogP contribution in [-0.2, 0) is 9.53 Å². The number of aliphatic hydroxyl groups is 1. The summed E-state index contributed by atoms with van der Waals surface area (Å²) in [7, 11) is 0. The molecule has 1 rings (SSSR count). The maximum atomic E-state index is 11.4. The summed E-state index contributed by atoms with van der Waals surface area (Å²) < 4.78 is 5.16. The molecule has 1 atom stereocenters. The Bertz CT molecular complexity index is 238. The van der Waals surface area contributed by atoms with E-state index in [-0.39, 0.29) is 12.2 Å². The van der Waals surface area contributed by atoms with E-state index in [1.54, 1.807) is 6.92 Å². The first kappa shape index (κ1) is 9.26. The highest BCUT2D eigenvalue weighted by molar-refractivity contribution is 5.96. The van der Waals surface area contributed by atoms with Gasteiger partial charge in [0, 0.05) is 12.5 Å². The number of ketones is 1. The van der Waals surface area contributed by atoms with Crippen LogP contribution in [-0.4, -0.2) is 16.7 Å². The molecule has 1 heterocycles. The fourth-order valence-corrected chi connectivity index (χ4v) is 1.47. The maximum absolute atomic E-state index is 11.4. The molecule has 0 saturated heterocycles. The van der Waals surface area contributed by atoms with Crippen LogP contribution in [0, 0.1) is 0 Å². The van der Waals surface area contributed by atoms with E-state index in [0.29, 0.717) is 17.8 Å². The van der Waals surface area contributed by atoms with E-state index in [1.807, 2.05) is 6.92 Å². The number of ether oxygens (including phenoxy) is 1. The monoisotopic (exact) mass is 170 g/mol. The number of hydrogen-bond donors (Lipinski definition) is 1. The van der Waals surface area contributed by atoms with Gasteiger partial charge in [0.25, 0.3) is 0 Å². The van der Waals surface area contributed by atoms with Crippen molar-refractivity contribution >= 4 is 5.78 Å². The molecule has 0 aromatic carbocycles. The summed E-state index contributed by atoms with van der Waals surface area (Å²) in [5.41, 5.74) is 0.696. The molecule has 0 radical (unpaired) electrons. The van der Waals surface area contributed by atoms with Crippen molar-refractivity contribution in [1.29, 1.82) is 0 Å². The van der Waals surface area contributed by atoms with Crippen molar-refractivity contribution < 1.29 is 14.6 Å². The van der Waals surface area contributed by atoms with Gasteiger partial charge in [-0.1, -0.05) is 6.92 Å². The summed E-state index contributed by atoms with van der Waals surface area (Å²) in [5, 5.41) is 9.45. The van der Waals surface area contributed by atoms with Crippen molar-refractivity contribution in [3.63, 3.8) is 0 Å². The molecule has 0 aromatic rings. The molecule has 1 aliphatic rings. The Balaban J connectivity index is 2.95. The minimum Gasteiger partial charge on any atom is -0.467 e. The van der Waals surface area contributed by atoms with E-state index < -0.39 is 5.79 Å². The molecule has 0 bridgehead atoms. The summed E-state index contributed by atoms with van der Waals surface area (Å²) in [6, 6.07) is 0. The number of carbonyl (C=O) groups excluding carboxylic acids is 1. The van der Waals surface area contributed by atoms with Gasteiger partial charge >= 0.3 is 0 Å². The lowest BCUT2D eigenvalue weighted by Crippen LogP contribution is -2.35. The van der Waals surface area contributed by atoms with Crippen LogP contribution in [0.1, 0.15) is 33.6 Å². The lowest BCUT2D eigenvalue weighted by molar-refractivity contribution is -0.178. The average Bonchev–Trinajstić information content (AvgIpc) is 1.82. The Morgan fingerprint density at radius 3 is 2.67 bits per heavy atom. The van der Waals surface area contributed by atoms with Crippen LogP contribution in [0.15, 0.2) is 11.3 Å². The van der Waals surface area contributed by atoms with Crippen LogP contribution in [0.2, 0.25) is 0 Å². The number of rotatable bonds is 1. The highest BCUT2D eigenvalue weighted by Gasteiger charge is 2.33. The van der Waals surface area contributed by atoms with Crippen LogP contribution >= 0.6 is 0 Å². The predicted octanol–water partition coefficient (Wildman–Crippen LogP) is 1.37. The zero-order valence-corrected chi connectivity index (χ0v) is 7.68. The van der Waals surface area contributed by atoms with Gasteiger partial charge in [0.1, 0.15) is 5.76 Å². The Morgan fingerprint density at radius 1 is 1.67 bits per heavy atom. The first-order chi connectivity index (χ1) is 5.46. The van der Waals surface area contributed by atoms with E-state index in [2.05, 4.69) is 0 Å². The molecular weight excluding hydrogens is 156 g/mol. The smallest absolute Gasteiger partial charge is 0.212 e. The lowest BCUT2D eigenvalue weighted by atomic mass is 9.98. The second-order valence-electron chi connectivity index (χ2n) is 3.27. The Hall–Kier alpha value is -0.830. The van der Waals surface area contributed by atoms with Gasteiger partial charge in [0.15, 0.2) is 5.78 Å². The van der Waals surface area contributed by atoms with E-state index in [4.69, 9.17) is 4.74 Å². The standard InChI is InChI=1S/C9H14O3/c1-4-7-6(2)12-9(3,11)5-8(7)10/h11H,4-5H2,1-3H3. The highest BCUT2D eigenvalue weighted by Crippen LogP contribution is 2.28. The van der Waals surface area contributed by atoms with Crippen molar-refractivity contribution in [3.8, 4) is 0 Å². The third kappa shape index (κ3) is 1.67. The molecular formula is C9H14O3. The zero-order valence-electron chi connectivity index (χ0n) is 7.68. The Labute approximate surface area is 72.0 Å². The number of hydrogen-bond acceptors (Lipinski definition) is 3. The van der Waals surface area contributed by atoms with Gasteiger partial charge in [-0.2, -0.15) is 0 Å². The van der Waals surface area contributed by atoms with Crippen molar-refractivity contribution in [2.45, 2.75) is 39.4 Å². The van der Waals surface area contributed by atoms with E-state index in [1.165, 1.54) is 6.92 Å². The number of allylic oxidation sites excluding steroid dienone is 2. The molecule has 1 N–H and O–H groups in total. The largest absolute Gasteiger partial charge is 0.467 e. The molecule has 0 aromatic heterocycles. The second-order valence-corrected chi connectivity index (χ2v) is 3.27. The number of carbonyl (C=O) groups is 1. The van der Waals surface area contributed by atoms with E-state index in [0.717, 1.165) is 0 Å².